The van der Waals surface area contributed by atoms with E-state index in [4.69, 9.17) is 10.5 Å². The third kappa shape index (κ3) is 2.00. The standard InChI is InChI=1S/C5H9N3OS/c1-9-2-4-3-10-5(6)8-7-4/h2-3H2,1H3,(H2,6,8). The number of rotatable bonds is 2. The topological polar surface area (TPSA) is 60.0 Å². The highest BCUT2D eigenvalue weighted by molar-refractivity contribution is 8.14. The average molecular weight is 159 g/mol. The molecule has 0 aromatic carbocycles. The van der Waals surface area contributed by atoms with Crippen molar-refractivity contribution >= 4 is 22.6 Å². The molecule has 0 saturated heterocycles. The fourth-order valence-corrected chi connectivity index (χ4v) is 1.13. The molecule has 5 heteroatoms. The molecule has 0 radical (unpaired) electrons. The third-order valence-electron chi connectivity index (χ3n) is 0.988. The number of thioether (sulfide) groups is 1. The monoisotopic (exact) mass is 159 g/mol. The number of amidine groups is 1. The normalized spacial score (nSPS) is 18.1. The van der Waals surface area contributed by atoms with Crippen LogP contribution in [0.5, 0.6) is 0 Å². The van der Waals surface area contributed by atoms with Crippen LogP contribution in [0.1, 0.15) is 0 Å². The van der Waals surface area contributed by atoms with E-state index in [0.717, 1.165) is 11.5 Å². The first-order valence-electron chi connectivity index (χ1n) is 2.83. The van der Waals surface area contributed by atoms with Crippen molar-refractivity contribution in [2.75, 3.05) is 19.5 Å². The zero-order valence-corrected chi connectivity index (χ0v) is 6.52. The Bertz CT molecular complexity index is 174. The van der Waals surface area contributed by atoms with Crippen LogP contribution in [0.25, 0.3) is 0 Å². The van der Waals surface area contributed by atoms with E-state index >= 15 is 0 Å². The fourth-order valence-electron chi connectivity index (χ4n) is 0.572. The molecular formula is C5H9N3OS. The van der Waals surface area contributed by atoms with Gasteiger partial charge in [-0.25, -0.2) is 0 Å². The maximum absolute atomic E-state index is 5.36. The van der Waals surface area contributed by atoms with Crippen LogP contribution in [0.3, 0.4) is 0 Å². The lowest BCUT2D eigenvalue weighted by atomic mass is 10.5. The Labute approximate surface area is 63.5 Å². The van der Waals surface area contributed by atoms with Crippen molar-refractivity contribution < 1.29 is 4.74 Å². The van der Waals surface area contributed by atoms with Crippen LogP contribution in [0.15, 0.2) is 10.2 Å². The number of nitrogens with two attached hydrogens (primary N) is 1. The van der Waals surface area contributed by atoms with Gasteiger partial charge < -0.3 is 10.5 Å². The molecule has 0 bridgehead atoms. The van der Waals surface area contributed by atoms with Crippen LogP contribution in [-0.2, 0) is 4.74 Å². The Hall–Kier alpha value is -0.550. The summed E-state index contributed by atoms with van der Waals surface area (Å²) < 4.78 is 4.86. The summed E-state index contributed by atoms with van der Waals surface area (Å²) in [4.78, 5) is 0. The van der Waals surface area contributed by atoms with Crippen molar-refractivity contribution in [1.82, 2.24) is 0 Å². The Balaban J connectivity index is 2.47. The van der Waals surface area contributed by atoms with Gasteiger partial charge in [-0.1, -0.05) is 11.8 Å². The fraction of sp³-hybridized carbons (Fsp3) is 0.600. The Morgan fingerprint density at radius 2 is 2.50 bits per heavy atom. The molecular weight excluding hydrogens is 150 g/mol. The van der Waals surface area contributed by atoms with Crippen molar-refractivity contribution in [2.45, 2.75) is 0 Å². The van der Waals surface area contributed by atoms with E-state index in [-0.39, 0.29) is 0 Å². The van der Waals surface area contributed by atoms with Gasteiger partial charge in [0.2, 0.25) is 0 Å². The summed E-state index contributed by atoms with van der Waals surface area (Å²) >= 11 is 1.48. The van der Waals surface area contributed by atoms with Crippen LogP contribution in [0.2, 0.25) is 0 Å². The van der Waals surface area contributed by atoms with Gasteiger partial charge in [-0.05, 0) is 0 Å². The van der Waals surface area contributed by atoms with Crippen LogP contribution in [0.4, 0.5) is 0 Å². The van der Waals surface area contributed by atoms with Gasteiger partial charge in [0.1, 0.15) is 0 Å². The van der Waals surface area contributed by atoms with Gasteiger partial charge >= 0.3 is 0 Å². The van der Waals surface area contributed by atoms with Crippen molar-refractivity contribution in [2.24, 2.45) is 15.9 Å². The van der Waals surface area contributed by atoms with Crippen LogP contribution >= 0.6 is 11.8 Å². The number of ether oxygens (including phenoxy) is 1. The maximum Gasteiger partial charge on any atom is 0.180 e. The maximum atomic E-state index is 5.36. The zero-order valence-electron chi connectivity index (χ0n) is 5.70. The summed E-state index contributed by atoms with van der Waals surface area (Å²) in [5.41, 5.74) is 6.29. The summed E-state index contributed by atoms with van der Waals surface area (Å²) in [6.45, 7) is 0.545. The molecule has 10 heavy (non-hydrogen) atoms. The highest BCUT2D eigenvalue weighted by atomic mass is 32.2. The van der Waals surface area contributed by atoms with Crippen LogP contribution in [0, 0.1) is 0 Å². The van der Waals surface area contributed by atoms with Gasteiger partial charge in [0.15, 0.2) is 5.17 Å². The minimum absolute atomic E-state index is 0.528. The molecule has 0 aromatic heterocycles. The lowest BCUT2D eigenvalue weighted by Gasteiger charge is -2.06. The summed E-state index contributed by atoms with van der Waals surface area (Å²) in [7, 11) is 1.63. The molecule has 0 unspecified atom stereocenters. The molecule has 1 rings (SSSR count). The lowest BCUT2D eigenvalue weighted by Crippen LogP contribution is -2.18. The predicted octanol–water partition coefficient (Wildman–Crippen LogP) is 0.0503. The molecule has 0 fully saturated rings. The second kappa shape index (κ2) is 3.58. The van der Waals surface area contributed by atoms with Crippen molar-refractivity contribution in [3.8, 4) is 0 Å². The van der Waals surface area contributed by atoms with Crippen molar-refractivity contribution in [3.05, 3.63) is 0 Å². The number of methoxy groups -OCH3 is 1. The molecule has 56 valence electrons. The molecule has 0 saturated carbocycles. The smallest absolute Gasteiger partial charge is 0.180 e. The highest BCUT2D eigenvalue weighted by Crippen LogP contribution is 2.06. The Morgan fingerprint density at radius 3 is 3.00 bits per heavy atom. The quantitative estimate of drug-likeness (QED) is 0.619. The largest absolute Gasteiger partial charge is 0.379 e. The first-order valence-corrected chi connectivity index (χ1v) is 3.82. The second-order valence-corrected chi connectivity index (χ2v) is 2.82. The van der Waals surface area contributed by atoms with E-state index in [2.05, 4.69) is 10.2 Å². The van der Waals surface area contributed by atoms with Crippen molar-refractivity contribution in [3.63, 3.8) is 0 Å². The molecule has 0 aromatic rings. The highest BCUT2D eigenvalue weighted by Gasteiger charge is 2.06. The molecule has 2 N–H and O–H groups in total. The lowest BCUT2D eigenvalue weighted by molar-refractivity contribution is 0.245. The zero-order chi connectivity index (χ0) is 7.40. The number of hydrogen-bond acceptors (Lipinski definition) is 5. The first kappa shape index (κ1) is 7.56. The molecule has 0 spiro atoms. The summed E-state index contributed by atoms with van der Waals surface area (Å²) in [5.74, 6) is 0.795. The first-order chi connectivity index (χ1) is 4.83. The molecule has 1 aliphatic rings. The molecule has 0 amide bonds. The van der Waals surface area contributed by atoms with Crippen LogP contribution < -0.4 is 5.73 Å². The minimum Gasteiger partial charge on any atom is -0.379 e. The Morgan fingerprint density at radius 1 is 1.70 bits per heavy atom. The summed E-state index contributed by atoms with van der Waals surface area (Å²) in [6.07, 6.45) is 0. The van der Waals surface area contributed by atoms with E-state index in [9.17, 15) is 0 Å². The minimum atomic E-state index is 0.528. The number of hydrogen-bond donors (Lipinski definition) is 1. The summed E-state index contributed by atoms with van der Waals surface area (Å²) in [6, 6.07) is 0. The van der Waals surface area contributed by atoms with E-state index in [1.54, 1.807) is 7.11 Å². The van der Waals surface area contributed by atoms with Gasteiger partial charge in [-0.3, -0.25) is 0 Å². The molecule has 0 atom stereocenters. The molecule has 1 aliphatic heterocycles. The van der Waals surface area contributed by atoms with Gasteiger partial charge in [-0.15, -0.1) is 5.10 Å². The molecule has 4 nitrogen and oxygen atoms in total. The Kier molecular flexibility index (Phi) is 2.70. The second-order valence-electron chi connectivity index (χ2n) is 1.83. The SMILES string of the molecule is COCC1=NN=C(N)SC1. The van der Waals surface area contributed by atoms with Crippen molar-refractivity contribution in [1.29, 1.82) is 0 Å². The van der Waals surface area contributed by atoms with Gasteiger partial charge in [0.25, 0.3) is 0 Å². The summed E-state index contributed by atoms with van der Waals surface area (Å²) in [5, 5.41) is 8.06. The van der Waals surface area contributed by atoms with Gasteiger partial charge in [0, 0.05) is 12.9 Å². The van der Waals surface area contributed by atoms with Gasteiger partial charge in [-0.2, -0.15) is 5.10 Å². The van der Waals surface area contributed by atoms with E-state index in [1.807, 2.05) is 0 Å². The van der Waals surface area contributed by atoms with Gasteiger partial charge in [0.05, 0.1) is 12.3 Å². The van der Waals surface area contributed by atoms with E-state index < -0.39 is 0 Å². The van der Waals surface area contributed by atoms with Crippen LogP contribution in [-0.4, -0.2) is 30.3 Å². The molecule has 1 heterocycles. The van der Waals surface area contributed by atoms with E-state index in [0.29, 0.717) is 11.8 Å². The average Bonchev–Trinajstić information content (AvgIpc) is 1.95. The predicted molar refractivity (Wildman–Crippen MR) is 43.4 cm³/mol. The molecule has 0 aliphatic carbocycles. The number of nitrogens with zero attached hydrogens (tertiary/aromatic N) is 2. The third-order valence-corrected chi connectivity index (χ3v) is 1.84. The van der Waals surface area contributed by atoms with E-state index in [1.165, 1.54) is 11.8 Å².